The molecule has 5 heterocycles. The van der Waals surface area contributed by atoms with Crippen LogP contribution in [-0.4, -0.2) is 128 Å². The third kappa shape index (κ3) is 10.5. The van der Waals surface area contributed by atoms with Gasteiger partial charge in [-0.2, -0.15) is 0 Å². The molecule has 0 saturated carbocycles. The van der Waals surface area contributed by atoms with Crippen LogP contribution < -0.4 is 49.1 Å². The Bertz CT molecular complexity index is 2490. The number of benzene rings is 2. The van der Waals surface area contributed by atoms with E-state index in [1.807, 2.05) is 24.3 Å². The molecule has 8 amide bonds. The number of fused-ring (bicyclic) bond motifs is 4. The first kappa shape index (κ1) is 46.4. The van der Waals surface area contributed by atoms with Gasteiger partial charge in [-0.05, 0) is 55.8 Å². The van der Waals surface area contributed by atoms with Gasteiger partial charge < -0.3 is 59.1 Å². The third-order valence-electron chi connectivity index (χ3n) is 12.3. The first-order chi connectivity index (χ1) is 31.7. The van der Waals surface area contributed by atoms with Gasteiger partial charge in [-0.1, -0.05) is 48.5 Å². The maximum Gasteiger partial charge on any atom is 0.325 e. The largest absolute Gasteiger partial charge is 0.370 e. The first-order valence-electron chi connectivity index (χ1n) is 21.8. The van der Waals surface area contributed by atoms with E-state index in [9.17, 15) is 24.0 Å². The van der Waals surface area contributed by atoms with Crippen molar-refractivity contribution in [3.8, 4) is 0 Å². The molecule has 1 unspecified atom stereocenters. The van der Waals surface area contributed by atoms with Crippen molar-refractivity contribution in [1.29, 1.82) is 0 Å². The van der Waals surface area contributed by atoms with Gasteiger partial charge in [0.2, 0.25) is 29.5 Å². The quantitative estimate of drug-likeness (QED) is 0.0476. The number of nitrogens with one attached hydrogen (secondary N) is 8. The fourth-order valence-corrected chi connectivity index (χ4v) is 8.85. The van der Waals surface area contributed by atoms with Crippen molar-refractivity contribution in [3.63, 3.8) is 0 Å². The van der Waals surface area contributed by atoms with Crippen LogP contribution in [0.5, 0.6) is 0 Å². The number of para-hydroxylation sites is 1. The highest BCUT2D eigenvalue weighted by molar-refractivity contribution is 6.09. The number of carbonyl (C=O) groups is 8. The molecule has 22 nitrogen and oxygen atoms in total. The normalized spacial score (nSPS) is 25.9. The number of nitrogens with two attached hydrogens (primary N) is 3. The summed E-state index contributed by atoms with van der Waals surface area (Å²) in [5.41, 5.74) is 17.6. The van der Waals surface area contributed by atoms with E-state index in [0.29, 0.717) is 23.2 Å². The zero-order valence-electron chi connectivity index (χ0n) is 36.0. The molecule has 2 bridgehead atoms. The molecular formula is C44H54N14O8. The Balaban J connectivity index is 1.36. The van der Waals surface area contributed by atoms with E-state index < -0.39 is 95.5 Å². The van der Waals surface area contributed by atoms with Crippen LogP contribution in [0.15, 0.2) is 78.3 Å². The molecule has 66 heavy (non-hydrogen) atoms. The summed E-state index contributed by atoms with van der Waals surface area (Å²) in [5, 5.41) is 17.7. The summed E-state index contributed by atoms with van der Waals surface area (Å²) in [7, 11) is 0. The Morgan fingerprint density at radius 3 is 2.24 bits per heavy atom. The zero-order valence-corrected chi connectivity index (χ0v) is 36.0. The molecule has 3 aliphatic heterocycles. The molecule has 7 atom stereocenters. The Morgan fingerprint density at radius 1 is 0.773 bits per heavy atom. The predicted octanol–water partition coefficient (Wildman–Crippen LogP) is -1.83. The standard InChI is InChI=1S/C44H54N14O8/c45-36(60)29-12-6-7-16-52-44(15-17-49-42(46)47)34(59)14-13-30-41(65)58(43(66)56-30)33(20-26-22-48-23-51-26)39(63)54-31(18-24-8-2-1-3-9-24)38(62)57-35(44)40(64)55-32(37(61)53-29)19-25-21-50-28-11-5-4-10-27(25)28/h1-5,8-11,21-23,29-33,35,50,52H,6-7,12-20H2,(H2,45,60)(H,48,51)(H,53,61)(H,54,63)(H,55,64)(H,56,66)(H,57,62)(H4,46,47,49)/t29-,30-,31+,32-,33-,35+,44?/m0/s1. The molecule has 7 rings (SSSR count). The van der Waals surface area contributed by atoms with Crippen molar-refractivity contribution in [2.75, 3.05) is 13.1 Å². The summed E-state index contributed by atoms with van der Waals surface area (Å²) in [6.07, 6.45) is 3.75. The molecular weight excluding hydrogens is 853 g/mol. The zero-order chi connectivity index (χ0) is 47.0. The molecule has 4 aromatic rings. The second-order valence-electron chi connectivity index (χ2n) is 16.7. The average Bonchev–Trinajstić information content (AvgIpc) is 4.03. The van der Waals surface area contributed by atoms with Gasteiger partial charge >= 0.3 is 6.03 Å². The van der Waals surface area contributed by atoms with E-state index in [1.165, 1.54) is 12.5 Å². The molecule has 2 aromatic heterocycles. The molecule has 3 fully saturated rings. The summed E-state index contributed by atoms with van der Waals surface area (Å²) in [6.45, 7) is -0.214. The van der Waals surface area contributed by atoms with Gasteiger partial charge in [-0.3, -0.25) is 38.6 Å². The molecule has 2 aromatic carbocycles. The van der Waals surface area contributed by atoms with E-state index in [1.54, 1.807) is 36.5 Å². The van der Waals surface area contributed by atoms with Crippen LogP contribution in [0.1, 0.15) is 55.3 Å². The van der Waals surface area contributed by atoms with Crippen molar-refractivity contribution in [1.82, 2.24) is 51.8 Å². The summed E-state index contributed by atoms with van der Waals surface area (Å²) in [4.78, 5) is 130. The number of Topliss-reactive ketones (excluding diaryl/α,β-unsaturated/α-hetero) is 1. The number of H-pyrrole nitrogens is 2. The van der Waals surface area contributed by atoms with Crippen LogP contribution >= 0.6 is 0 Å². The molecule has 3 aliphatic rings. The Kier molecular flexibility index (Phi) is 14.4. The lowest BCUT2D eigenvalue weighted by Crippen LogP contribution is -2.72. The maximum absolute atomic E-state index is 15.3. The number of aromatic nitrogens is 3. The number of hydrogen-bond acceptors (Lipinski definition) is 11. The van der Waals surface area contributed by atoms with E-state index in [2.05, 4.69) is 51.8 Å². The van der Waals surface area contributed by atoms with Gasteiger partial charge in [-0.25, -0.2) is 14.7 Å². The Labute approximate surface area is 378 Å². The molecule has 348 valence electrons. The number of hydrogen-bond donors (Lipinski definition) is 11. The molecule has 22 heteroatoms. The Morgan fingerprint density at radius 2 is 1.50 bits per heavy atom. The van der Waals surface area contributed by atoms with Crippen molar-refractivity contribution in [3.05, 3.63) is 90.1 Å². The number of aromatic amines is 2. The average molecular weight is 907 g/mol. The third-order valence-corrected chi connectivity index (χ3v) is 12.3. The number of imidazole rings is 1. The minimum Gasteiger partial charge on any atom is -0.370 e. The van der Waals surface area contributed by atoms with Gasteiger partial charge in [0, 0.05) is 61.2 Å². The number of carbonyl (C=O) groups excluding carboxylic acids is 8. The minimum atomic E-state index is -2.06. The molecule has 14 N–H and O–H groups in total. The molecule has 3 saturated heterocycles. The van der Waals surface area contributed by atoms with Crippen molar-refractivity contribution >= 4 is 64.1 Å². The summed E-state index contributed by atoms with van der Waals surface area (Å²) in [6, 6.07) is 6.51. The number of amides is 8. The number of nitrogens with zero attached hydrogens (tertiary/aromatic N) is 3. The lowest BCUT2D eigenvalue weighted by molar-refractivity contribution is -0.141. The van der Waals surface area contributed by atoms with Gasteiger partial charge in [0.1, 0.15) is 41.8 Å². The number of guanidine groups is 1. The van der Waals surface area contributed by atoms with E-state index >= 15 is 14.4 Å². The number of primary amides is 1. The smallest absolute Gasteiger partial charge is 0.325 e. The number of aliphatic imine (C=N–C) groups is 1. The summed E-state index contributed by atoms with van der Waals surface area (Å²) >= 11 is 0. The highest BCUT2D eigenvalue weighted by Crippen LogP contribution is 2.27. The van der Waals surface area contributed by atoms with Gasteiger partial charge in [0.05, 0.1) is 6.33 Å². The van der Waals surface area contributed by atoms with Crippen LogP contribution in [0.3, 0.4) is 0 Å². The van der Waals surface area contributed by atoms with Gasteiger partial charge in [0.25, 0.3) is 5.91 Å². The molecule has 0 aliphatic carbocycles. The lowest BCUT2D eigenvalue weighted by atomic mass is 9.78. The predicted molar refractivity (Wildman–Crippen MR) is 238 cm³/mol. The minimum absolute atomic E-state index is 0.0255. The fourth-order valence-electron chi connectivity index (χ4n) is 8.85. The van der Waals surface area contributed by atoms with E-state index in [4.69, 9.17) is 17.2 Å². The van der Waals surface area contributed by atoms with Crippen molar-refractivity contribution in [2.45, 2.75) is 99.6 Å². The van der Waals surface area contributed by atoms with Crippen LogP contribution in [0.4, 0.5) is 4.79 Å². The lowest BCUT2D eigenvalue weighted by Gasteiger charge is -2.41. The highest BCUT2D eigenvalue weighted by atomic mass is 16.2. The molecule has 0 spiro atoms. The van der Waals surface area contributed by atoms with E-state index in [0.717, 1.165) is 15.8 Å². The molecule has 0 radical (unpaired) electrons. The van der Waals surface area contributed by atoms with Crippen LogP contribution in [0, 0.1) is 0 Å². The van der Waals surface area contributed by atoms with Crippen molar-refractivity contribution in [2.24, 2.45) is 22.2 Å². The summed E-state index contributed by atoms with van der Waals surface area (Å²) < 4.78 is 0. The summed E-state index contributed by atoms with van der Waals surface area (Å²) in [5.74, 6) is -6.09. The fraction of sp³-hybridized carbons (Fsp3) is 0.409. The number of imide groups is 1. The van der Waals surface area contributed by atoms with Gasteiger partial charge in [-0.15, -0.1) is 0 Å². The van der Waals surface area contributed by atoms with Gasteiger partial charge in [0.15, 0.2) is 11.7 Å². The highest BCUT2D eigenvalue weighted by Gasteiger charge is 2.52. The van der Waals surface area contributed by atoms with Crippen LogP contribution in [0.25, 0.3) is 10.9 Å². The number of rotatable bonds is 10. The monoisotopic (exact) mass is 906 g/mol. The Hall–Kier alpha value is -7.62. The van der Waals surface area contributed by atoms with Crippen LogP contribution in [-0.2, 0) is 52.8 Å². The number of ketones is 1. The SMILES string of the molecule is NC(=O)[C@@H]1CCCCNC2(CCN=C(N)N)C(=O)CC[C@@H]3NC(=O)N(C3=O)[C@@H](Cc3cnc[nH]3)C(=O)N[C@H](Cc3ccccc3)C(=O)N[C@@H]2C(=O)N[C@@H](Cc2c[nH]c3ccccc23)C(=O)N1. The first-order valence-corrected chi connectivity index (χ1v) is 21.8. The second-order valence-corrected chi connectivity index (χ2v) is 16.7. The topological polar surface area (TPSA) is 347 Å². The second kappa shape index (κ2) is 20.5. The number of urea groups is 1. The van der Waals surface area contributed by atoms with E-state index in [-0.39, 0.29) is 64.0 Å². The van der Waals surface area contributed by atoms with Crippen LogP contribution in [0.2, 0.25) is 0 Å². The maximum atomic E-state index is 15.3. The van der Waals surface area contributed by atoms with Crippen molar-refractivity contribution < 1.29 is 38.4 Å².